The molecule has 0 radical (unpaired) electrons. The highest BCUT2D eigenvalue weighted by atomic mass is 19.1. The van der Waals surface area contributed by atoms with Gasteiger partial charge in [-0.15, -0.1) is 0 Å². The van der Waals surface area contributed by atoms with Crippen LogP contribution in [0.5, 0.6) is 11.5 Å². The van der Waals surface area contributed by atoms with Crippen LogP contribution in [0, 0.1) is 17.7 Å². The van der Waals surface area contributed by atoms with Crippen LogP contribution in [0.2, 0.25) is 0 Å². The van der Waals surface area contributed by atoms with E-state index in [4.69, 9.17) is 18.9 Å². The van der Waals surface area contributed by atoms with Crippen LogP contribution in [0.1, 0.15) is 96.9 Å². The number of amides is 7. The first-order valence-electron chi connectivity index (χ1n) is 23.7. The van der Waals surface area contributed by atoms with Crippen LogP contribution in [0.4, 0.5) is 10.1 Å². The SMILES string of the molecule is C[C@@H](C(=O)Nc1ccc(OC2CCN(C(=O)CCOCCOCCNC(=O)COc3cccc4c3C(=O)N(C3CCC(=O)NC3=O)C4=O)CC2)cc1)C1CCC(c2ccnc3ccc(F)cc23)CC1. The molecule has 7 amide bonds. The standard InChI is InChI=1S/C51H57FN6O11/c1-31(32-5-7-33(8-6-32)38-17-21-53-41-14-9-34(52)29-40(38)41)48(62)55-35-10-12-36(13-11-35)69-37-18-23-57(24-19-37)46(61)20-25-66-27-28-67-26-22-54-45(60)30-68-43-4-2-3-39-47(43)51(65)58(50(39)64)42-15-16-44(59)56-49(42)63/h2-4,9-14,17,21,29,31-33,37,42H,5-8,15-16,18-20,22-28,30H2,1H3,(H,54,60)(H,55,62)(H,56,59,63)/t31-,32?,33?,42?/m1/s1. The van der Waals surface area contributed by atoms with Gasteiger partial charge in [0.1, 0.15) is 29.5 Å². The summed E-state index contributed by atoms with van der Waals surface area (Å²) < 4.78 is 37.0. The molecule has 0 bridgehead atoms. The first kappa shape index (κ1) is 48.7. The van der Waals surface area contributed by atoms with Crippen LogP contribution in [0.3, 0.4) is 0 Å². The number of hydrogen-bond donors (Lipinski definition) is 3. The number of carbonyl (C=O) groups is 7. The number of fused-ring (bicyclic) bond motifs is 2. The van der Waals surface area contributed by atoms with Crippen molar-refractivity contribution in [2.24, 2.45) is 11.8 Å². The maximum Gasteiger partial charge on any atom is 0.266 e. The Bertz CT molecular complexity index is 2560. The van der Waals surface area contributed by atoms with E-state index in [1.807, 2.05) is 42.2 Å². The van der Waals surface area contributed by atoms with Crippen molar-refractivity contribution in [2.75, 3.05) is 58.0 Å². The number of aromatic nitrogens is 1. The summed E-state index contributed by atoms with van der Waals surface area (Å²) in [5.41, 5.74) is 2.64. The van der Waals surface area contributed by atoms with E-state index >= 15 is 0 Å². The normalized spacial score (nSPS) is 20.1. The molecule has 4 aromatic rings. The second-order valence-electron chi connectivity index (χ2n) is 17.9. The third-order valence-electron chi connectivity index (χ3n) is 13.5. The minimum absolute atomic E-state index is 0.00174. The van der Waals surface area contributed by atoms with Gasteiger partial charge in [-0.3, -0.25) is 48.8 Å². The minimum Gasteiger partial charge on any atom is -0.490 e. The quantitative estimate of drug-likeness (QED) is 0.0807. The van der Waals surface area contributed by atoms with Gasteiger partial charge in [0.2, 0.25) is 23.6 Å². The van der Waals surface area contributed by atoms with Crippen LogP contribution in [-0.2, 0) is 33.4 Å². The number of benzene rings is 3. The molecule has 1 saturated carbocycles. The molecule has 1 aliphatic carbocycles. The Balaban J connectivity index is 0.649. The van der Waals surface area contributed by atoms with Gasteiger partial charge in [0.05, 0.1) is 49.5 Å². The molecule has 4 aliphatic rings. The van der Waals surface area contributed by atoms with Gasteiger partial charge in [0.25, 0.3) is 17.7 Å². The number of hydrogen-bond acceptors (Lipinski definition) is 12. The van der Waals surface area contributed by atoms with Gasteiger partial charge in [-0.1, -0.05) is 13.0 Å². The van der Waals surface area contributed by atoms with Gasteiger partial charge in [0.15, 0.2) is 6.61 Å². The molecule has 2 atom stereocenters. The third kappa shape index (κ3) is 11.9. The van der Waals surface area contributed by atoms with Crippen molar-refractivity contribution >= 4 is 57.9 Å². The molecule has 69 heavy (non-hydrogen) atoms. The van der Waals surface area contributed by atoms with Crippen LogP contribution < -0.4 is 25.4 Å². The Kier molecular flexibility index (Phi) is 15.9. The topological polar surface area (TPSA) is 212 Å². The van der Waals surface area contributed by atoms with E-state index in [1.165, 1.54) is 24.3 Å². The Labute approximate surface area is 398 Å². The van der Waals surface area contributed by atoms with Crippen molar-refractivity contribution in [3.63, 3.8) is 0 Å². The van der Waals surface area contributed by atoms with E-state index in [0.29, 0.717) is 43.3 Å². The maximum atomic E-state index is 14.0. The van der Waals surface area contributed by atoms with Crippen molar-refractivity contribution in [1.82, 2.24) is 25.4 Å². The molecule has 3 aliphatic heterocycles. The van der Waals surface area contributed by atoms with Crippen molar-refractivity contribution < 1.29 is 56.9 Å². The lowest BCUT2D eigenvalue weighted by Gasteiger charge is -2.32. The summed E-state index contributed by atoms with van der Waals surface area (Å²) in [5.74, 6) is -2.20. The number of rotatable bonds is 19. The Morgan fingerprint density at radius 1 is 0.855 bits per heavy atom. The fourth-order valence-electron chi connectivity index (χ4n) is 9.63. The molecule has 17 nitrogen and oxygen atoms in total. The van der Waals surface area contributed by atoms with Crippen molar-refractivity contribution in [1.29, 1.82) is 0 Å². The predicted molar refractivity (Wildman–Crippen MR) is 249 cm³/mol. The zero-order valence-corrected chi connectivity index (χ0v) is 38.5. The highest BCUT2D eigenvalue weighted by Crippen LogP contribution is 2.41. The number of nitrogens with one attached hydrogen (secondary N) is 3. The van der Waals surface area contributed by atoms with Gasteiger partial charge >= 0.3 is 0 Å². The number of ether oxygens (including phenoxy) is 4. The van der Waals surface area contributed by atoms with Gasteiger partial charge < -0.3 is 34.5 Å². The molecule has 0 spiro atoms. The van der Waals surface area contributed by atoms with E-state index in [-0.39, 0.29) is 105 Å². The number of imide groups is 2. The van der Waals surface area contributed by atoms with Gasteiger partial charge in [-0.25, -0.2) is 4.39 Å². The first-order valence-corrected chi connectivity index (χ1v) is 23.7. The number of likely N-dealkylation sites (tertiary alicyclic amines) is 1. The fourth-order valence-corrected chi connectivity index (χ4v) is 9.63. The highest BCUT2D eigenvalue weighted by Gasteiger charge is 2.46. The lowest BCUT2D eigenvalue weighted by atomic mass is 9.73. The molecule has 1 unspecified atom stereocenters. The van der Waals surface area contributed by atoms with E-state index in [1.54, 1.807) is 18.3 Å². The minimum atomic E-state index is -1.12. The number of piperidine rings is 2. The number of nitrogens with zero attached hydrogens (tertiary/aromatic N) is 3. The summed E-state index contributed by atoms with van der Waals surface area (Å²) in [4.78, 5) is 95.8. The van der Waals surface area contributed by atoms with Gasteiger partial charge in [0, 0.05) is 62.1 Å². The molecular weight excluding hydrogens is 892 g/mol. The lowest BCUT2D eigenvalue weighted by molar-refractivity contribution is -0.136. The second kappa shape index (κ2) is 22.5. The van der Waals surface area contributed by atoms with E-state index in [2.05, 4.69) is 20.9 Å². The number of anilines is 1. The summed E-state index contributed by atoms with van der Waals surface area (Å²) in [7, 11) is 0. The summed E-state index contributed by atoms with van der Waals surface area (Å²) in [6, 6.07) is 17.4. The summed E-state index contributed by atoms with van der Waals surface area (Å²) >= 11 is 0. The van der Waals surface area contributed by atoms with Crippen LogP contribution in [0.15, 0.2) is 72.9 Å². The molecule has 2 saturated heterocycles. The Morgan fingerprint density at radius 2 is 1.61 bits per heavy atom. The number of carbonyl (C=O) groups excluding carboxylic acids is 7. The second-order valence-corrected chi connectivity index (χ2v) is 17.9. The summed E-state index contributed by atoms with van der Waals surface area (Å²) in [5, 5.41) is 8.75. The zero-order valence-electron chi connectivity index (χ0n) is 38.5. The van der Waals surface area contributed by atoms with Gasteiger partial charge in [-0.2, -0.15) is 0 Å². The predicted octanol–water partition coefficient (Wildman–Crippen LogP) is 5.31. The monoisotopic (exact) mass is 948 g/mol. The Hall–Kier alpha value is -6.79. The number of halogens is 1. The van der Waals surface area contributed by atoms with Crippen LogP contribution in [-0.4, -0.2) is 121 Å². The molecular formula is C51H57FN6O11. The van der Waals surface area contributed by atoms with Crippen LogP contribution >= 0.6 is 0 Å². The average molecular weight is 949 g/mol. The van der Waals surface area contributed by atoms with E-state index in [0.717, 1.165) is 47.0 Å². The molecule has 3 N–H and O–H groups in total. The van der Waals surface area contributed by atoms with E-state index < -0.39 is 42.2 Å². The maximum absolute atomic E-state index is 14.0. The van der Waals surface area contributed by atoms with Crippen LogP contribution in [0.25, 0.3) is 10.9 Å². The lowest BCUT2D eigenvalue weighted by Crippen LogP contribution is -2.54. The Morgan fingerprint density at radius 3 is 2.36 bits per heavy atom. The molecule has 3 fully saturated rings. The molecule has 364 valence electrons. The number of pyridine rings is 1. The molecule has 1 aromatic heterocycles. The highest BCUT2D eigenvalue weighted by molar-refractivity contribution is 6.24. The first-order chi connectivity index (χ1) is 33.4. The third-order valence-corrected chi connectivity index (χ3v) is 13.5. The molecule has 3 aromatic carbocycles. The fraction of sp³-hybridized carbons (Fsp3) is 0.451. The van der Waals surface area contributed by atoms with Crippen molar-refractivity contribution in [2.45, 2.75) is 82.8 Å². The van der Waals surface area contributed by atoms with E-state index in [9.17, 15) is 38.0 Å². The molecule has 4 heterocycles. The van der Waals surface area contributed by atoms with Crippen molar-refractivity contribution in [3.8, 4) is 11.5 Å². The molecule has 8 rings (SSSR count). The zero-order chi connectivity index (χ0) is 48.4. The largest absolute Gasteiger partial charge is 0.490 e. The molecule has 18 heteroatoms. The average Bonchev–Trinajstić information content (AvgIpc) is 3.61. The summed E-state index contributed by atoms with van der Waals surface area (Å²) in [6.45, 7) is 3.84. The van der Waals surface area contributed by atoms with Gasteiger partial charge in [-0.05, 0) is 110 Å². The van der Waals surface area contributed by atoms with Crippen molar-refractivity contribution in [3.05, 3.63) is 95.4 Å². The smallest absolute Gasteiger partial charge is 0.266 e. The summed E-state index contributed by atoms with van der Waals surface area (Å²) in [6.07, 6.45) is 7.11.